The molecule has 0 spiro atoms. The van der Waals surface area contributed by atoms with Gasteiger partial charge in [0.2, 0.25) is 0 Å². The SMILES string of the molecule is O=C(O)c1ccc(-c2ccc(CN3CCOc4nc([N+](=O)[O-])cn4CC3)cn2)cc1F. The number of aromatic carboxylic acids is 1. The number of aromatic nitrogens is 3. The van der Waals surface area contributed by atoms with E-state index in [1.54, 1.807) is 16.8 Å². The van der Waals surface area contributed by atoms with Crippen molar-refractivity contribution in [3.05, 3.63) is 69.8 Å². The standard InChI is InChI=1S/C20H18FN5O5/c21-16-9-14(2-3-15(16)19(27)28)17-4-1-13(10-22-17)11-24-5-6-25-12-18(26(29)30)23-20(25)31-8-7-24/h1-4,9-10,12H,5-8,11H2,(H,27,28). The van der Waals surface area contributed by atoms with Crippen LogP contribution in [0.2, 0.25) is 0 Å². The molecule has 10 nitrogen and oxygen atoms in total. The zero-order valence-electron chi connectivity index (χ0n) is 16.3. The van der Waals surface area contributed by atoms with Gasteiger partial charge in [-0.05, 0) is 28.7 Å². The molecule has 2 aromatic heterocycles. The summed E-state index contributed by atoms with van der Waals surface area (Å²) in [6.45, 7) is 2.69. The Kier molecular flexibility index (Phi) is 5.58. The minimum absolute atomic E-state index is 0.240. The number of carbonyl (C=O) groups is 1. The molecule has 31 heavy (non-hydrogen) atoms. The molecule has 0 fully saturated rings. The number of hydrogen-bond donors (Lipinski definition) is 1. The van der Waals surface area contributed by atoms with E-state index in [1.165, 1.54) is 18.3 Å². The van der Waals surface area contributed by atoms with E-state index in [0.717, 1.165) is 11.6 Å². The van der Waals surface area contributed by atoms with Crippen LogP contribution in [0.15, 0.2) is 42.7 Å². The molecule has 3 heterocycles. The Morgan fingerprint density at radius 3 is 2.77 bits per heavy atom. The average Bonchev–Trinajstić information content (AvgIpc) is 3.13. The number of ether oxygens (including phenoxy) is 1. The van der Waals surface area contributed by atoms with Gasteiger partial charge in [-0.3, -0.25) is 14.5 Å². The number of imidazole rings is 1. The first-order valence-corrected chi connectivity index (χ1v) is 9.45. The molecule has 160 valence electrons. The second-order valence-corrected chi connectivity index (χ2v) is 7.01. The van der Waals surface area contributed by atoms with Crippen LogP contribution in [-0.2, 0) is 13.1 Å². The molecular weight excluding hydrogens is 409 g/mol. The van der Waals surface area contributed by atoms with Crippen LogP contribution < -0.4 is 4.74 Å². The number of carboxylic acids is 1. The number of hydrogen-bond acceptors (Lipinski definition) is 7. The molecule has 1 aromatic carbocycles. The van der Waals surface area contributed by atoms with Gasteiger partial charge in [0.1, 0.15) is 18.6 Å². The number of benzene rings is 1. The highest BCUT2D eigenvalue weighted by molar-refractivity contribution is 5.88. The molecule has 0 radical (unpaired) electrons. The molecule has 4 rings (SSSR count). The molecule has 0 bridgehead atoms. The maximum absolute atomic E-state index is 13.9. The van der Waals surface area contributed by atoms with E-state index in [1.807, 2.05) is 6.07 Å². The minimum atomic E-state index is -1.32. The third kappa shape index (κ3) is 4.51. The quantitative estimate of drug-likeness (QED) is 0.487. The van der Waals surface area contributed by atoms with E-state index in [0.29, 0.717) is 44.0 Å². The van der Waals surface area contributed by atoms with Crippen LogP contribution in [-0.4, -0.2) is 55.1 Å². The molecule has 3 aromatic rings. The fourth-order valence-electron chi connectivity index (χ4n) is 3.33. The smallest absolute Gasteiger partial charge is 0.414 e. The van der Waals surface area contributed by atoms with Crippen molar-refractivity contribution in [3.63, 3.8) is 0 Å². The monoisotopic (exact) mass is 427 g/mol. The number of carboxylic acid groups (broad SMARTS) is 1. The Morgan fingerprint density at radius 1 is 1.26 bits per heavy atom. The Labute approximate surface area is 175 Å². The van der Waals surface area contributed by atoms with Crippen molar-refractivity contribution in [2.75, 3.05) is 19.7 Å². The fraction of sp³-hybridized carbons (Fsp3) is 0.250. The van der Waals surface area contributed by atoms with Gasteiger partial charge in [0.05, 0.1) is 11.3 Å². The molecule has 0 amide bonds. The first kappa shape index (κ1) is 20.4. The molecule has 0 saturated heterocycles. The van der Waals surface area contributed by atoms with Gasteiger partial charge in [-0.15, -0.1) is 0 Å². The van der Waals surface area contributed by atoms with Crippen LogP contribution in [0.4, 0.5) is 10.2 Å². The molecule has 1 N–H and O–H groups in total. The van der Waals surface area contributed by atoms with Gasteiger partial charge in [-0.25, -0.2) is 9.18 Å². The molecular formula is C20H18FN5O5. The lowest BCUT2D eigenvalue weighted by atomic mass is 10.1. The van der Waals surface area contributed by atoms with E-state index >= 15 is 0 Å². The fourth-order valence-corrected chi connectivity index (χ4v) is 3.33. The molecule has 1 aliphatic rings. The second-order valence-electron chi connectivity index (χ2n) is 7.01. The van der Waals surface area contributed by atoms with Crippen LogP contribution in [0, 0.1) is 15.9 Å². The Hall–Kier alpha value is -3.86. The van der Waals surface area contributed by atoms with E-state index in [2.05, 4.69) is 14.9 Å². The summed E-state index contributed by atoms with van der Waals surface area (Å²) in [7, 11) is 0. The van der Waals surface area contributed by atoms with Gasteiger partial charge in [0, 0.05) is 42.9 Å². The highest BCUT2D eigenvalue weighted by atomic mass is 19.1. The predicted octanol–water partition coefficient (Wildman–Crippen LogP) is 2.59. The number of fused-ring (bicyclic) bond motifs is 1. The van der Waals surface area contributed by atoms with Crippen molar-refractivity contribution in [1.29, 1.82) is 0 Å². The first-order chi connectivity index (χ1) is 14.9. The lowest BCUT2D eigenvalue weighted by Gasteiger charge is -2.24. The number of nitrogens with zero attached hydrogens (tertiary/aromatic N) is 5. The summed E-state index contributed by atoms with van der Waals surface area (Å²) in [5, 5.41) is 19.8. The Balaban J connectivity index is 1.42. The summed E-state index contributed by atoms with van der Waals surface area (Å²) in [6.07, 6.45) is 3.05. The topological polar surface area (TPSA) is 124 Å². The molecule has 0 saturated carbocycles. The highest BCUT2D eigenvalue weighted by Gasteiger charge is 2.23. The number of halogens is 1. The summed E-state index contributed by atoms with van der Waals surface area (Å²) in [5.74, 6) is -2.37. The van der Waals surface area contributed by atoms with Crippen molar-refractivity contribution < 1.29 is 24.0 Å². The molecule has 1 aliphatic heterocycles. The summed E-state index contributed by atoms with van der Waals surface area (Å²) >= 11 is 0. The zero-order valence-corrected chi connectivity index (χ0v) is 16.3. The number of nitro groups is 1. The first-order valence-electron chi connectivity index (χ1n) is 9.45. The summed E-state index contributed by atoms with van der Waals surface area (Å²) in [6, 6.07) is 7.77. The van der Waals surface area contributed by atoms with Crippen molar-refractivity contribution in [2.24, 2.45) is 0 Å². The van der Waals surface area contributed by atoms with Gasteiger partial charge < -0.3 is 20.0 Å². The lowest BCUT2D eigenvalue weighted by Crippen LogP contribution is -2.33. The molecule has 0 atom stereocenters. The number of pyridine rings is 1. The third-order valence-electron chi connectivity index (χ3n) is 4.94. The molecule has 0 aliphatic carbocycles. The molecule has 11 heteroatoms. The lowest BCUT2D eigenvalue weighted by molar-refractivity contribution is -0.389. The van der Waals surface area contributed by atoms with Crippen LogP contribution in [0.25, 0.3) is 11.3 Å². The summed E-state index contributed by atoms with van der Waals surface area (Å²) in [4.78, 5) is 31.7. The van der Waals surface area contributed by atoms with Crippen LogP contribution in [0.1, 0.15) is 15.9 Å². The van der Waals surface area contributed by atoms with E-state index in [9.17, 15) is 19.3 Å². The van der Waals surface area contributed by atoms with E-state index in [4.69, 9.17) is 9.84 Å². The molecule has 0 unspecified atom stereocenters. The third-order valence-corrected chi connectivity index (χ3v) is 4.94. The normalized spacial score (nSPS) is 14.2. The minimum Gasteiger partial charge on any atom is -0.478 e. The van der Waals surface area contributed by atoms with E-state index in [-0.39, 0.29) is 17.4 Å². The average molecular weight is 427 g/mol. The van der Waals surface area contributed by atoms with Crippen LogP contribution in [0.3, 0.4) is 0 Å². The number of rotatable bonds is 5. The summed E-state index contributed by atoms with van der Waals surface area (Å²) in [5.41, 5.74) is 1.57. The van der Waals surface area contributed by atoms with Gasteiger partial charge >= 0.3 is 17.8 Å². The zero-order chi connectivity index (χ0) is 22.0. The summed E-state index contributed by atoms with van der Waals surface area (Å²) < 4.78 is 21.1. The maximum Gasteiger partial charge on any atom is 0.414 e. The van der Waals surface area contributed by atoms with Crippen LogP contribution in [0.5, 0.6) is 6.01 Å². The largest absolute Gasteiger partial charge is 0.478 e. The predicted molar refractivity (Wildman–Crippen MR) is 106 cm³/mol. The van der Waals surface area contributed by atoms with Gasteiger partial charge in [0.25, 0.3) is 0 Å². The van der Waals surface area contributed by atoms with Crippen molar-refractivity contribution >= 4 is 11.8 Å². The highest BCUT2D eigenvalue weighted by Crippen LogP contribution is 2.22. The van der Waals surface area contributed by atoms with Crippen molar-refractivity contribution in [1.82, 2.24) is 19.4 Å². The van der Waals surface area contributed by atoms with Gasteiger partial charge in [-0.1, -0.05) is 12.1 Å². The Morgan fingerprint density at radius 2 is 2.10 bits per heavy atom. The van der Waals surface area contributed by atoms with Crippen molar-refractivity contribution in [2.45, 2.75) is 13.1 Å². The maximum atomic E-state index is 13.9. The Bertz CT molecular complexity index is 1130. The van der Waals surface area contributed by atoms with Gasteiger partial charge in [0.15, 0.2) is 0 Å². The van der Waals surface area contributed by atoms with Crippen LogP contribution >= 0.6 is 0 Å². The second kappa shape index (κ2) is 8.48. The van der Waals surface area contributed by atoms with Crippen molar-refractivity contribution in [3.8, 4) is 17.3 Å². The van der Waals surface area contributed by atoms with Gasteiger partial charge in [-0.2, -0.15) is 0 Å². The van der Waals surface area contributed by atoms with E-state index < -0.39 is 16.7 Å².